The summed E-state index contributed by atoms with van der Waals surface area (Å²) < 4.78 is 0. The molecule has 0 unspecified atom stereocenters. The van der Waals surface area contributed by atoms with Crippen LogP contribution in [0.15, 0.2) is 24.3 Å². The molecule has 0 aliphatic heterocycles. The highest BCUT2D eigenvalue weighted by molar-refractivity contribution is 5.92. The van der Waals surface area contributed by atoms with Crippen molar-refractivity contribution >= 4 is 11.6 Å². The van der Waals surface area contributed by atoms with Crippen molar-refractivity contribution < 1.29 is 9.90 Å². The lowest BCUT2D eigenvalue weighted by Gasteiger charge is -2.16. The van der Waals surface area contributed by atoms with Gasteiger partial charge >= 0.3 is 0 Å². The number of aryl methyl sites for hydroxylation is 1. The van der Waals surface area contributed by atoms with Crippen molar-refractivity contribution in [1.82, 2.24) is 4.90 Å². The summed E-state index contributed by atoms with van der Waals surface area (Å²) in [5.74, 6) is 0.0129. The van der Waals surface area contributed by atoms with Crippen LogP contribution in [0, 0.1) is 6.92 Å². The molecular formula is C15H24N2O2. The Morgan fingerprint density at radius 2 is 2.00 bits per heavy atom. The number of carbonyl (C=O) groups excluding carboxylic acids is 1. The van der Waals surface area contributed by atoms with Crippen LogP contribution in [0.25, 0.3) is 0 Å². The monoisotopic (exact) mass is 264 g/mol. The predicted octanol–water partition coefficient (Wildman–Crippen LogP) is 2.03. The number of hydrogen-bond donors (Lipinski definition) is 2. The molecule has 2 N–H and O–H groups in total. The van der Waals surface area contributed by atoms with E-state index in [4.69, 9.17) is 5.11 Å². The van der Waals surface area contributed by atoms with Crippen LogP contribution in [0.5, 0.6) is 0 Å². The molecule has 4 nitrogen and oxygen atoms in total. The van der Waals surface area contributed by atoms with Crippen LogP contribution in [-0.2, 0) is 4.79 Å². The van der Waals surface area contributed by atoms with E-state index in [1.54, 1.807) is 0 Å². The Balaban J connectivity index is 2.29. The third-order valence-corrected chi connectivity index (χ3v) is 3.03. The zero-order chi connectivity index (χ0) is 14.1. The molecule has 1 aromatic carbocycles. The predicted molar refractivity (Wildman–Crippen MR) is 78.2 cm³/mol. The number of carbonyl (C=O) groups is 1. The zero-order valence-corrected chi connectivity index (χ0v) is 11.9. The fourth-order valence-corrected chi connectivity index (χ4v) is 1.90. The lowest BCUT2D eigenvalue weighted by molar-refractivity contribution is -0.117. The number of aliphatic hydroxyl groups excluding tert-OH is 1. The summed E-state index contributed by atoms with van der Waals surface area (Å²) >= 11 is 0. The molecular weight excluding hydrogens is 240 g/mol. The fraction of sp³-hybridized carbons (Fsp3) is 0.533. The SMILES string of the molecule is Cc1ccccc1NC(=O)CN(C)CCCCCO. The number of para-hydroxylation sites is 1. The van der Waals surface area contributed by atoms with Crippen LogP contribution in [0.1, 0.15) is 24.8 Å². The van der Waals surface area contributed by atoms with Crippen LogP contribution in [0.2, 0.25) is 0 Å². The average Bonchev–Trinajstić information content (AvgIpc) is 2.37. The highest BCUT2D eigenvalue weighted by atomic mass is 16.2. The molecule has 0 saturated heterocycles. The quantitative estimate of drug-likeness (QED) is 0.706. The molecule has 0 spiro atoms. The Kier molecular flexibility index (Phi) is 7.15. The van der Waals surface area contributed by atoms with Gasteiger partial charge in [0.2, 0.25) is 5.91 Å². The molecule has 0 fully saturated rings. The second kappa shape index (κ2) is 8.67. The van der Waals surface area contributed by atoms with E-state index in [2.05, 4.69) is 5.32 Å². The lowest BCUT2D eigenvalue weighted by atomic mass is 10.2. The number of hydrogen-bond acceptors (Lipinski definition) is 3. The second-order valence-electron chi connectivity index (χ2n) is 4.89. The van der Waals surface area contributed by atoms with Crippen LogP contribution in [0.3, 0.4) is 0 Å². The smallest absolute Gasteiger partial charge is 0.238 e. The van der Waals surface area contributed by atoms with Crippen LogP contribution in [0.4, 0.5) is 5.69 Å². The first-order chi connectivity index (χ1) is 9.13. The van der Waals surface area contributed by atoms with Crippen LogP contribution in [-0.4, -0.2) is 42.7 Å². The maximum Gasteiger partial charge on any atom is 0.238 e. The number of aliphatic hydroxyl groups is 1. The van der Waals surface area contributed by atoms with Gasteiger partial charge in [0.1, 0.15) is 0 Å². The lowest BCUT2D eigenvalue weighted by Crippen LogP contribution is -2.31. The van der Waals surface area contributed by atoms with E-state index >= 15 is 0 Å². The van der Waals surface area contributed by atoms with E-state index in [-0.39, 0.29) is 12.5 Å². The first-order valence-electron chi connectivity index (χ1n) is 6.78. The van der Waals surface area contributed by atoms with Crippen molar-refractivity contribution in [3.63, 3.8) is 0 Å². The van der Waals surface area contributed by atoms with Gasteiger partial charge in [-0.25, -0.2) is 0 Å². The molecule has 0 aliphatic rings. The van der Waals surface area contributed by atoms with Crippen molar-refractivity contribution in [3.05, 3.63) is 29.8 Å². The normalized spacial score (nSPS) is 10.7. The number of amides is 1. The zero-order valence-electron chi connectivity index (χ0n) is 11.9. The minimum Gasteiger partial charge on any atom is -0.396 e. The third-order valence-electron chi connectivity index (χ3n) is 3.03. The summed E-state index contributed by atoms with van der Waals surface area (Å²) in [6, 6.07) is 7.77. The molecule has 1 amide bonds. The Bertz CT molecular complexity index is 393. The molecule has 1 rings (SSSR count). The summed E-state index contributed by atoms with van der Waals surface area (Å²) in [4.78, 5) is 13.9. The topological polar surface area (TPSA) is 52.6 Å². The van der Waals surface area contributed by atoms with Gasteiger partial charge in [0.15, 0.2) is 0 Å². The van der Waals surface area contributed by atoms with E-state index in [9.17, 15) is 4.79 Å². The van der Waals surface area contributed by atoms with Crippen molar-refractivity contribution in [2.24, 2.45) is 0 Å². The number of anilines is 1. The van der Waals surface area contributed by atoms with E-state index in [0.29, 0.717) is 6.54 Å². The highest BCUT2D eigenvalue weighted by Crippen LogP contribution is 2.12. The largest absolute Gasteiger partial charge is 0.396 e. The minimum absolute atomic E-state index is 0.0129. The Hall–Kier alpha value is -1.39. The Morgan fingerprint density at radius 1 is 1.26 bits per heavy atom. The van der Waals surface area contributed by atoms with Gasteiger partial charge in [0.25, 0.3) is 0 Å². The highest BCUT2D eigenvalue weighted by Gasteiger charge is 2.07. The molecule has 0 aromatic heterocycles. The molecule has 1 aromatic rings. The molecule has 19 heavy (non-hydrogen) atoms. The summed E-state index contributed by atoms with van der Waals surface area (Å²) in [7, 11) is 1.94. The maximum absolute atomic E-state index is 11.9. The minimum atomic E-state index is 0.0129. The average molecular weight is 264 g/mol. The van der Waals surface area contributed by atoms with E-state index in [1.165, 1.54) is 0 Å². The molecule has 0 bridgehead atoms. The maximum atomic E-state index is 11.9. The number of unbranched alkanes of at least 4 members (excludes halogenated alkanes) is 2. The number of nitrogens with one attached hydrogen (secondary N) is 1. The molecule has 0 radical (unpaired) electrons. The first kappa shape index (κ1) is 15.7. The number of rotatable bonds is 8. The molecule has 106 valence electrons. The van der Waals surface area contributed by atoms with Gasteiger partial charge < -0.3 is 10.4 Å². The van der Waals surface area contributed by atoms with Crippen molar-refractivity contribution in [2.75, 3.05) is 32.1 Å². The van der Waals surface area contributed by atoms with Gasteiger partial charge in [-0.2, -0.15) is 0 Å². The van der Waals surface area contributed by atoms with Gasteiger partial charge in [-0.1, -0.05) is 18.2 Å². The van der Waals surface area contributed by atoms with Crippen molar-refractivity contribution in [3.8, 4) is 0 Å². The third kappa shape index (κ3) is 6.36. The van der Waals surface area contributed by atoms with Gasteiger partial charge in [0.05, 0.1) is 6.54 Å². The standard InChI is InChI=1S/C15H24N2O2/c1-13-8-4-5-9-14(13)16-15(19)12-17(2)10-6-3-7-11-18/h4-5,8-9,18H,3,6-7,10-12H2,1-2H3,(H,16,19). The van der Waals surface area contributed by atoms with Crippen molar-refractivity contribution in [1.29, 1.82) is 0 Å². The van der Waals surface area contributed by atoms with Gasteiger partial charge in [-0.05, 0) is 51.4 Å². The molecule has 0 saturated carbocycles. The number of benzene rings is 1. The Morgan fingerprint density at radius 3 is 2.68 bits per heavy atom. The first-order valence-corrected chi connectivity index (χ1v) is 6.78. The number of likely N-dealkylation sites (N-methyl/N-ethyl adjacent to an activating group) is 1. The van der Waals surface area contributed by atoms with E-state index in [0.717, 1.165) is 37.1 Å². The molecule has 0 heterocycles. The molecule has 0 aliphatic carbocycles. The van der Waals surface area contributed by atoms with Crippen LogP contribution < -0.4 is 5.32 Å². The van der Waals surface area contributed by atoms with Crippen molar-refractivity contribution in [2.45, 2.75) is 26.2 Å². The fourth-order valence-electron chi connectivity index (χ4n) is 1.90. The van der Waals surface area contributed by atoms with Gasteiger partial charge in [-0.15, -0.1) is 0 Å². The van der Waals surface area contributed by atoms with Gasteiger partial charge in [-0.3, -0.25) is 9.69 Å². The second-order valence-corrected chi connectivity index (χ2v) is 4.89. The summed E-state index contributed by atoms with van der Waals surface area (Å²) in [6.45, 7) is 3.50. The summed E-state index contributed by atoms with van der Waals surface area (Å²) in [6.07, 6.45) is 2.85. The van der Waals surface area contributed by atoms with E-state index < -0.39 is 0 Å². The molecule has 0 atom stereocenters. The van der Waals surface area contributed by atoms with Crippen LogP contribution >= 0.6 is 0 Å². The summed E-state index contributed by atoms with van der Waals surface area (Å²) in [5, 5.41) is 11.6. The molecule has 4 heteroatoms. The Labute approximate surface area is 115 Å². The number of nitrogens with zero attached hydrogens (tertiary/aromatic N) is 1. The van der Waals surface area contributed by atoms with E-state index in [1.807, 2.05) is 43.1 Å². The summed E-state index contributed by atoms with van der Waals surface area (Å²) in [5.41, 5.74) is 1.95. The van der Waals surface area contributed by atoms with Gasteiger partial charge in [0, 0.05) is 12.3 Å².